The highest BCUT2D eigenvalue weighted by Gasteiger charge is 2.27. The zero-order valence-electron chi connectivity index (χ0n) is 8.36. The number of carbonyl (C=O) groups is 1. The highest BCUT2D eigenvalue weighted by Crippen LogP contribution is 2.17. The quantitative estimate of drug-likeness (QED) is 0.538. The number of piperidine rings is 1. The minimum atomic E-state index is -0.131. The summed E-state index contributed by atoms with van der Waals surface area (Å²) in [5.74, 6) is -0.196. The maximum absolute atomic E-state index is 11.4. The van der Waals surface area contributed by atoms with Crippen molar-refractivity contribution in [3.63, 3.8) is 0 Å². The lowest BCUT2D eigenvalue weighted by atomic mass is 9.99. The molecular formula is C9H16N2O2S. The molecule has 1 aliphatic rings. The summed E-state index contributed by atoms with van der Waals surface area (Å²) in [4.78, 5) is 13.3. The van der Waals surface area contributed by atoms with Crippen LogP contribution in [0.1, 0.15) is 19.8 Å². The second-order valence-electron chi connectivity index (χ2n) is 3.38. The Morgan fingerprint density at radius 1 is 1.71 bits per heavy atom. The fourth-order valence-corrected chi connectivity index (χ4v) is 1.80. The second-order valence-corrected chi connectivity index (χ2v) is 3.79. The zero-order chi connectivity index (χ0) is 10.6. The molecule has 1 heterocycles. The first-order chi connectivity index (χ1) is 6.65. The second kappa shape index (κ2) is 5.14. The van der Waals surface area contributed by atoms with Crippen LogP contribution in [-0.4, -0.2) is 35.7 Å². The van der Waals surface area contributed by atoms with E-state index in [2.05, 4.69) is 0 Å². The van der Waals surface area contributed by atoms with Crippen LogP contribution >= 0.6 is 12.2 Å². The van der Waals surface area contributed by atoms with Crippen LogP contribution in [0, 0.1) is 5.92 Å². The van der Waals surface area contributed by atoms with Gasteiger partial charge in [0.25, 0.3) is 0 Å². The molecule has 2 N–H and O–H groups in total. The summed E-state index contributed by atoms with van der Waals surface area (Å²) >= 11 is 4.87. The third-order valence-corrected chi connectivity index (χ3v) is 2.61. The van der Waals surface area contributed by atoms with Crippen LogP contribution in [0.2, 0.25) is 0 Å². The number of likely N-dealkylation sites (tertiary alicyclic amines) is 1. The lowest BCUT2D eigenvalue weighted by Crippen LogP contribution is -2.45. The van der Waals surface area contributed by atoms with E-state index in [4.69, 9.17) is 22.7 Å². The van der Waals surface area contributed by atoms with Crippen molar-refractivity contribution in [2.45, 2.75) is 19.8 Å². The van der Waals surface area contributed by atoms with Gasteiger partial charge >= 0.3 is 5.97 Å². The van der Waals surface area contributed by atoms with Gasteiger partial charge in [-0.1, -0.05) is 0 Å². The molecule has 0 aromatic heterocycles. The van der Waals surface area contributed by atoms with Gasteiger partial charge in [-0.25, -0.2) is 0 Å². The first-order valence-electron chi connectivity index (χ1n) is 4.86. The van der Waals surface area contributed by atoms with E-state index in [1.165, 1.54) is 0 Å². The average Bonchev–Trinajstić information content (AvgIpc) is 2.18. The van der Waals surface area contributed by atoms with Gasteiger partial charge in [0.2, 0.25) is 0 Å². The first kappa shape index (κ1) is 11.2. The van der Waals surface area contributed by atoms with Gasteiger partial charge in [0.1, 0.15) is 0 Å². The number of thiocarbonyl (C=S) groups is 1. The van der Waals surface area contributed by atoms with E-state index in [0.29, 0.717) is 18.3 Å². The molecule has 0 saturated carbocycles. The molecular weight excluding hydrogens is 200 g/mol. The largest absolute Gasteiger partial charge is 0.466 e. The molecule has 1 saturated heterocycles. The summed E-state index contributed by atoms with van der Waals surface area (Å²) < 4.78 is 4.96. The number of hydrogen-bond acceptors (Lipinski definition) is 3. The van der Waals surface area contributed by atoms with E-state index < -0.39 is 0 Å². The molecule has 1 atom stereocenters. The standard InChI is InChI=1S/C9H16N2O2S/c1-2-13-8(12)7-4-3-5-11(6-7)9(10)14/h7H,2-6H2,1H3,(H2,10,14)/t7-/m0/s1. The minimum absolute atomic E-state index is 0.0646. The normalized spacial score (nSPS) is 21.8. The number of ether oxygens (including phenoxy) is 1. The van der Waals surface area contributed by atoms with Gasteiger partial charge in [-0.2, -0.15) is 0 Å². The predicted molar refractivity (Wildman–Crippen MR) is 57.7 cm³/mol. The number of nitrogens with zero attached hydrogens (tertiary/aromatic N) is 1. The van der Waals surface area contributed by atoms with Crippen LogP contribution in [0.3, 0.4) is 0 Å². The number of esters is 1. The van der Waals surface area contributed by atoms with E-state index in [1.807, 2.05) is 11.8 Å². The third kappa shape index (κ3) is 2.83. The number of rotatable bonds is 2. The summed E-state index contributed by atoms with van der Waals surface area (Å²) in [6, 6.07) is 0. The van der Waals surface area contributed by atoms with Crippen molar-refractivity contribution in [3.05, 3.63) is 0 Å². The maximum Gasteiger partial charge on any atom is 0.310 e. The van der Waals surface area contributed by atoms with Crippen molar-refractivity contribution >= 4 is 23.3 Å². The van der Waals surface area contributed by atoms with Gasteiger partial charge in [0, 0.05) is 13.1 Å². The average molecular weight is 216 g/mol. The van der Waals surface area contributed by atoms with Gasteiger partial charge in [-0.15, -0.1) is 0 Å². The molecule has 4 nitrogen and oxygen atoms in total. The summed E-state index contributed by atoms with van der Waals surface area (Å²) in [5.41, 5.74) is 5.51. The van der Waals surface area contributed by atoms with E-state index in [-0.39, 0.29) is 11.9 Å². The van der Waals surface area contributed by atoms with Gasteiger partial charge in [-0.05, 0) is 32.0 Å². The van der Waals surface area contributed by atoms with Crippen LogP contribution in [0.25, 0.3) is 0 Å². The Morgan fingerprint density at radius 2 is 2.43 bits per heavy atom. The highest BCUT2D eigenvalue weighted by molar-refractivity contribution is 7.80. The molecule has 1 fully saturated rings. The number of carbonyl (C=O) groups excluding carboxylic acids is 1. The van der Waals surface area contributed by atoms with Gasteiger partial charge in [0.05, 0.1) is 12.5 Å². The molecule has 1 rings (SSSR count). The van der Waals surface area contributed by atoms with Crippen LogP contribution < -0.4 is 5.73 Å². The lowest BCUT2D eigenvalue weighted by molar-refractivity contribution is -0.149. The summed E-state index contributed by atoms with van der Waals surface area (Å²) in [6.45, 7) is 3.70. The Morgan fingerprint density at radius 3 is 3.00 bits per heavy atom. The molecule has 0 unspecified atom stereocenters. The van der Waals surface area contributed by atoms with Crippen molar-refractivity contribution in [2.75, 3.05) is 19.7 Å². The Balaban J connectivity index is 2.47. The first-order valence-corrected chi connectivity index (χ1v) is 5.27. The predicted octanol–water partition coefficient (Wildman–Crippen LogP) is 0.505. The topological polar surface area (TPSA) is 55.6 Å². The molecule has 0 bridgehead atoms. The molecule has 80 valence electrons. The van der Waals surface area contributed by atoms with E-state index in [0.717, 1.165) is 19.4 Å². The van der Waals surface area contributed by atoms with Crippen molar-refractivity contribution in [1.82, 2.24) is 4.90 Å². The SMILES string of the molecule is CCOC(=O)[C@H]1CCCN(C(N)=S)C1. The molecule has 0 aromatic carbocycles. The van der Waals surface area contributed by atoms with E-state index >= 15 is 0 Å². The number of nitrogens with two attached hydrogens (primary N) is 1. The smallest absolute Gasteiger partial charge is 0.310 e. The summed E-state index contributed by atoms with van der Waals surface area (Å²) in [5, 5.41) is 0.374. The van der Waals surface area contributed by atoms with E-state index in [1.54, 1.807) is 0 Å². The Kier molecular flexibility index (Phi) is 4.13. The van der Waals surface area contributed by atoms with Crippen molar-refractivity contribution in [2.24, 2.45) is 11.7 Å². The fourth-order valence-electron chi connectivity index (χ4n) is 1.63. The van der Waals surface area contributed by atoms with Crippen molar-refractivity contribution < 1.29 is 9.53 Å². The zero-order valence-corrected chi connectivity index (χ0v) is 9.18. The van der Waals surface area contributed by atoms with Crippen LogP contribution in [0.15, 0.2) is 0 Å². The van der Waals surface area contributed by atoms with Crippen LogP contribution in [-0.2, 0) is 9.53 Å². The van der Waals surface area contributed by atoms with Crippen molar-refractivity contribution in [1.29, 1.82) is 0 Å². The van der Waals surface area contributed by atoms with Crippen LogP contribution in [0.4, 0.5) is 0 Å². The Bertz CT molecular complexity index is 233. The Labute approximate surface area is 89.4 Å². The van der Waals surface area contributed by atoms with Crippen LogP contribution in [0.5, 0.6) is 0 Å². The molecule has 14 heavy (non-hydrogen) atoms. The lowest BCUT2D eigenvalue weighted by Gasteiger charge is -2.31. The molecule has 1 aliphatic heterocycles. The van der Waals surface area contributed by atoms with Gasteiger partial charge in [0.15, 0.2) is 5.11 Å². The van der Waals surface area contributed by atoms with Gasteiger partial charge < -0.3 is 15.4 Å². The molecule has 0 aromatic rings. The van der Waals surface area contributed by atoms with Crippen molar-refractivity contribution in [3.8, 4) is 0 Å². The van der Waals surface area contributed by atoms with E-state index in [9.17, 15) is 4.79 Å². The molecule has 0 amide bonds. The highest BCUT2D eigenvalue weighted by atomic mass is 32.1. The minimum Gasteiger partial charge on any atom is -0.466 e. The summed E-state index contributed by atoms with van der Waals surface area (Å²) in [7, 11) is 0. The fraction of sp³-hybridized carbons (Fsp3) is 0.778. The molecule has 0 aliphatic carbocycles. The van der Waals surface area contributed by atoms with Gasteiger partial charge in [-0.3, -0.25) is 4.79 Å². The third-order valence-electron chi connectivity index (χ3n) is 2.35. The monoisotopic (exact) mass is 216 g/mol. The molecule has 5 heteroatoms. The number of hydrogen-bond donors (Lipinski definition) is 1. The Hall–Kier alpha value is -0.840. The molecule has 0 radical (unpaired) electrons. The maximum atomic E-state index is 11.4. The molecule has 0 spiro atoms. The summed E-state index contributed by atoms with van der Waals surface area (Å²) in [6.07, 6.45) is 1.82.